The van der Waals surface area contributed by atoms with Gasteiger partial charge in [-0.25, -0.2) is 9.78 Å². The van der Waals surface area contributed by atoms with Crippen LogP contribution in [0.4, 0.5) is 10.5 Å². The highest BCUT2D eigenvalue weighted by atomic mass is 16.5. The number of benzene rings is 1. The second-order valence-corrected chi connectivity index (χ2v) is 7.42. The molecular formula is C19H24N4O2. The Morgan fingerprint density at radius 3 is 2.92 bits per heavy atom. The molecule has 2 aliphatic rings. The number of hydrogen-bond donors (Lipinski definition) is 1. The largest absolute Gasteiger partial charge is 0.371 e. The summed E-state index contributed by atoms with van der Waals surface area (Å²) in [4.78, 5) is 18.9. The smallest absolute Gasteiger partial charge is 0.322 e. The minimum atomic E-state index is -0.166. The summed E-state index contributed by atoms with van der Waals surface area (Å²) in [5, 5.41) is 3.04. The third-order valence-electron chi connectivity index (χ3n) is 5.37. The van der Waals surface area contributed by atoms with E-state index < -0.39 is 0 Å². The number of likely N-dealkylation sites (tertiary alicyclic amines) is 1. The molecule has 132 valence electrons. The normalized spacial score (nSPS) is 24.8. The van der Waals surface area contributed by atoms with Gasteiger partial charge in [-0.3, -0.25) is 0 Å². The second-order valence-electron chi connectivity index (χ2n) is 7.42. The van der Waals surface area contributed by atoms with E-state index in [-0.39, 0.29) is 17.7 Å². The molecular weight excluding hydrogens is 316 g/mol. The first-order valence-corrected chi connectivity index (χ1v) is 8.72. The number of carbonyl (C=O) groups excluding carboxylic acids is 1. The van der Waals surface area contributed by atoms with Gasteiger partial charge in [0.1, 0.15) is 0 Å². The van der Waals surface area contributed by atoms with Gasteiger partial charge >= 0.3 is 6.03 Å². The summed E-state index contributed by atoms with van der Waals surface area (Å²) < 4.78 is 7.86. The van der Waals surface area contributed by atoms with Crippen molar-refractivity contribution in [3.05, 3.63) is 47.5 Å². The molecule has 2 aliphatic heterocycles. The van der Waals surface area contributed by atoms with Crippen LogP contribution in [0.1, 0.15) is 30.3 Å². The SMILES string of the molecule is Cc1ncn(Cc2cccc(NC(=O)N3CC4(C)CC3CO4)c2)c1C. The summed E-state index contributed by atoms with van der Waals surface area (Å²) in [6.45, 7) is 8.21. The van der Waals surface area contributed by atoms with Crippen molar-refractivity contribution >= 4 is 11.7 Å². The molecule has 0 spiro atoms. The molecule has 0 radical (unpaired) electrons. The Morgan fingerprint density at radius 2 is 2.28 bits per heavy atom. The van der Waals surface area contributed by atoms with Crippen molar-refractivity contribution in [2.75, 3.05) is 18.5 Å². The van der Waals surface area contributed by atoms with Gasteiger partial charge in [0, 0.05) is 24.3 Å². The van der Waals surface area contributed by atoms with Crippen LogP contribution in [0, 0.1) is 13.8 Å². The van der Waals surface area contributed by atoms with E-state index in [9.17, 15) is 4.79 Å². The third-order valence-corrected chi connectivity index (χ3v) is 5.37. The average molecular weight is 340 g/mol. The van der Waals surface area contributed by atoms with Crippen LogP contribution >= 0.6 is 0 Å². The number of ether oxygens (including phenoxy) is 1. The molecule has 2 aromatic rings. The van der Waals surface area contributed by atoms with E-state index in [1.807, 2.05) is 36.4 Å². The van der Waals surface area contributed by atoms with Gasteiger partial charge in [0.25, 0.3) is 0 Å². The van der Waals surface area contributed by atoms with Gasteiger partial charge < -0.3 is 19.5 Å². The van der Waals surface area contributed by atoms with Gasteiger partial charge in [0.2, 0.25) is 0 Å². The zero-order valence-electron chi connectivity index (χ0n) is 15.0. The number of morpholine rings is 1. The predicted octanol–water partition coefficient (Wildman–Crippen LogP) is 2.94. The number of imidazole rings is 1. The zero-order chi connectivity index (χ0) is 17.6. The standard InChI is InChI=1S/C19H24N4O2/c1-13-14(2)22(12-20-13)9-15-5-4-6-16(7-15)21-18(24)23-11-19(3)8-17(23)10-25-19/h4-7,12,17H,8-11H2,1-3H3,(H,21,24). The van der Waals surface area contributed by atoms with Crippen molar-refractivity contribution in [3.8, 4) is 0 Å². The van der Waals surface area contributed by atoms with E-state index in [0.29, 0.717) is 13.2 Å². The Labute approximate surface area is 147 Å². The number of nitrogens with zero attached hydrogens (tertiary/aromatic N) is 3. The number of nitrogens with one attached hydrogen (secondary N) is 1. The van der Waals surface area contributed by atoms with Gasteiger partial charge in [-0.15, -0.1) is 0 Å². The highest BCUT2D eigenvalue weighted by Crippen LogP contribution is 2.37. The molecule has 2 unspecified atom stereocenters. The third kappa shape index (κ3) is 3.02. The molecule has 6 heteroatoms. The lowest BCUT2D eigenvalue weighted by molar-refractivity contribution is -0.0199. The number of carbonyl (C=O) groups is 1. The molecule has 2 atom stereocenters. The first kappa shape index (κ1) is 16.1. The quantitative estimate of drug-likeness (QED) is 0.934. The Balaban J connectivity index is 1.45. The van der Waals surface area contributed by atoms with Gasteiger partial charge in [0.05, 0.1) is 36.8 Å². The summed E-state index contributed by atoms with van der Waals surface area (Å²) in [7, 11) is 0. The fourth-order valence-corrected chi connectivity index (χ4v) is 3.79. The molecule has 0 aliphatic carbocycles. The van der Waals surface area contributed by atoms with Crippen LogP contribution in [0.3, 0.4) is 0 Å². The molecule has 2 saturated heterocycles. The van der Waals surface area contributed by atoms with Crippen molar-refractivity contribution in [1.82, 2.24) is 14.5 Å². The van der Waals surface area contributed by atoms with Gasteiger partial charge in [-0.1, -0.05) is 12.1 Å². The first-order chi connectivity index (χ1) is 11.9. The molecule has 2 amide bonds. The molecule has 0 saturated carbocycles. The molecule has 4 rings (SSSR count). The van der Waals surface area contributed by atoms with Gasteiger partial charge in [-0.05, 0) is 38.5 Å². The number of fused-ring (bicyclic) bond motifs is 2. The van der Waals surface area contributed by atoms with E-state index in [2.05, 4.69) is 34.8 Å². The lowest BCUT2D eigenvalue weighted by Crippen LogP contribution is -2.46. The number of aryl methyl sites for hydroxylation is 1. The van der Waals surface area contributed by atoms with E-state index in [1.165, 1.54) is 0 Å². The van der Waals surface area contributed by atoms with Crippen molar-refractivity contribution in [2.45, 2.75) is 45.4 Å². The van der Waals surface area contributed by atoms with Crippen LogP contribution in [-0.2, 0) is 11.3 Å². The van der Waals surface area contributed by atoms with Crippen molar-refractivity contribution in [3.63, 3.8) is 0 Å². The molecule has 2 bridgehead atoms. The minimum absolute atomic E-state index is 0.0381. The van der Waals surface area contributed by atoms with E-state index in [4.69, 9.17) is 4.74 Å². The molecule has 3 heterocycles. The van der Waals surface area contributed by atoms with E-state index in [1.54, 1.807) is 0 Å². The number of amides is 2. The number of urea groups is 1. The zero-order valence-corrected chi connectivity index (χ0v) is 15.0. The number of rotatable bonds is 3. The van der Waals surface area contributed by atoms with Crippen LogP contribution in [0.25, 0.3) is 0 Å². The van der Waals surface area contributed by atoms with Crippen LogP contribution in [0.2, 0.25) is 0 Å². The lowest BCUT2D eigenvalue weighted by Gasteiger charge is -2.30. The van der Waals surface area contributed by atoms with Crippen LogP contribution in [-0.4, -0.2) is 45.3 Å². The van der Waals surface area contributed by atoms with Crippen LogP contribution in [0.5, 0.6) is 0 Å². The van der Waals surface area contributed by atoms with Crippen molar-refractivity contribution < 1.29 is 9.53 Å². The maximum Gasteiger partial charge on any atom is 0.322 e. The van der Waals surface area contributed by atoms with Gasteiger partial charge in [0.15, 0.2) is 0 Å². The number of hydrogen-bond acceptors (Lipinski definition) is 3. The number of aromatic nitrogens is 2. The molecule has 1 aromatic carbocycles. The Hall–Kier alpha value is -2.34. The summed E-state index contributed by atoms with van der Waals surface area (Å²) >= 11 is 0. The average Bonchev–Trinajstić information content (AvgIpc) is 3.22. The van der Waals surface area contributed by atoms with Gasteiger partial charge in [-0.2, -0.15) is 0 Å². The summed E-state index contributed by atoms with van der Waals surface area (Å²) in [5.41, 5.74) is 4.00. The maximum absolute atomic E-state index is 12.6. The highest BCUT2D eigenvalue weighted by Gasteiger charge is 2.49. The van der Waals surface area contributed by atoms with Crippen LogP contribution in [0.15, 0.2) is 30.6 Å². The molecule has 25 heavy (non-hydrogen) atoms. The summed E-state index contributed by atoms with van der Waals surface area (Å²) in [5.74, 6) is 0. The van der Waals surface area contributed by atoms with E-state index >= 15 is 0 Å². The Bertz CT molecular complexity index is 816. The Kier molecular flexibility index (Phi) is 3.80. The fourth-order valence-electron chi connectivity index (χ4n) is 3.79. The topological polar surface area (TPSA) is 59.4 Å². The monoisotopic (exact) mass is 340 g/mol. The molecule has 1 aromatic heterocycles. The summed E-state index contributed by atoms with van der Waals surface area (Å²) in [6, 6.07) is 8.16. The molecule has 1 N–H and O–H groups in total. The fraction of sp³-hybridized carbons (Fsp3) is 0.474. The maximum atomic E-state index is 12.6. The van der Waals surface area contributed by atoms with Crippen molar-refractivity contribution in [2.24, 2.45) is 0 Å². The summed E-state index contributed by atoms with van der Waals surface area (Å²) in [6.07, 6.45) is 2.79. The second kappa shape index (κ2) is 5.88. The number of anilines is 1. The predicted molar refractivity (Wildman–Crippen MR) is 95.7 cm³/mol. The minimum Gasteiger partial charge on any atom is -0.371 e. The van der Waals surface area contributed by atoms with Crippen molar-refractivity contribution in [1.29, 1.82) is 0 Å². The van der Waals surface area contributed by atoms with E-state index in [0.717, 1.165) is 35.6 Å². The first-order valence-electron chi connectivity index (χ1n) is 8.72. The highest BCUT2D eigenvalue weighted by molar-refractivity contribution is 5.90. The van der Waals surface area contributed by atoms with Crippen LogP contribution < -0.4 is 5.32 Å². The Morgan fingerprint density at radius 1 is 1.44 bits per heavy atom. The molecule has 2 fully saturated rings. The molecule has 6 nitrogen and oxygen atoms in total. The lowest BCUT2D eigenvalue weighted by atomic mass is 10.1.